The molecule has 0 bridgehead atoms. The van der Waals surface area contributed by atoms with Crippen molar-refractivity contribution in [2.24, 2.45) is 0 Å². The van der Waals surface area contributed by atoms with Crippen LogP contribution in [0.1, 0.15) is 63.5 Å². The average Bonchev–Trinajstić information content (AvgIpc) is 3.66. The molecule has 1 atom stereocenters. The highest BCUT2D eigenvalue weighted by atomic mass is 19.4. The quantitative estimate of drug-likeness (QED) is 0.374. The number of H-pyrrole nitrogens is 1. The highest BCUT2D eigenvalue weighted by Crippen LogP contribution is 2.41. The Balaban J connectivity index is 1.26. The second kappa shape index (κ2) is 9.28. The van der Waals surface area contributed by atoms with E-state index >= 15 is 0 Å². The van der Waals surface area contributed by atoms with Crippen molar-refractivity contribution in [3.05, 3.63) is 83.1 Å². The van der Waals surface area contributed by atoms with E-state index in [1.807, 2.05) is 4.68 Å². The number of aromatic amines is 1. The Morgan fingerprint density at radius 3 is 2.59 bits per heavy atom. The number of imidazole rings is 1. The zero-order chi connectivity index (χ0) is 28.5. The smallest absolute Gasteiger partial charge is 0.336 e. The molecule has 0 unspecified atom stereocenters. The normalized spacial score (nSPS) is 18.8. The highest BCUT2D eigenvalue weighted by molar-refractivity contribution is 5.97. The van der Waals surface area contributed by atoms with Crippen LogP contribution in [0.2, 0.25) is 0 Å². The fourth-order valence-electron chi connectivity index (χ4n) is 6.00. The number of amides is 2. The van der Waals surface area contributed by atoms with E-state index in [4.69, 9.17) is 5.10 Å². The molecule has 2 aliphatic heterocycles. The number of hydrogen-bond acceptors (Lipinski definition) is 5. The molecule has 210 valence electrons. The number of hydrogen-bond donors (Lipinski definition) is 1. The zero-order valence-electron chi connectivity index (χ0n) is 22.0. The van der Waals surface area contributed by atoms with Crippen LogP contribution in [0.25, 0.3) is 16.9 Å². The minimum absolute atomic E-state index is 0.0216. The summed E-state index contributed by atoms with van der Waals surface area (Å²) in [6.07, 6.45) is 1.34. The van der Waals surface area contributed by atoms with E-state index < -0.39 is 23.9 Å². The van der Waals surface area contributed by atoms with E-state index in [2.05, 4.69) is 45.8 Å². The average molecular weight is 562 g/mol. The van der Waals surface area contributed by atoms with Crippen LogP contribution in [0.4, 0.5) is 13.2 Å². The number of nitrogens with zero attached hydrogens (tertiary/aromatic N) is 6. The Bertz CT molecular complexity index is 1700. The number of fused-ring (bicyclic) bond motifs is 1. The van der Waals surface area contributed by atoms with Gasteiger partial charge in [0.15, 0.2) is 5.65 Å². The Hall–Kier alpha value is -4.48. The Morgan fingerprint density at radius 2 is 1.88 bits per heavy atom. The molecule has 1 saturated carbocycles. The molecular formula is C29H26F3N7O2. The third kappa shape index (κ3) is 4.37. The summed E-state index contributed by atoms with van der Waals surface area (Å²) in [6.45, 7) is 4.64. The van der Waals surface area contributed by atoms with Crippen molar-refractivity contribution in [1.82, 2.24) is 34.5 Å². The van der Waals surface area contributed by atoms with E-state index in [0.717, 1.165) is 22.6 Å². The monoisotopic (exact) mass is 561 g/mol. The van der Waals surface area contributed by atoms with E-state index in [-0.39, 0.29) is 29.2 Å². The molecule has 2 amide bonds. The van der Waals surface area contributed by atoms with Crippen LogP contribution in [0.15, 0.2) is 49.2 Å². The molecule has 0 saturated heterocycles. The maximum absolute atomic E-state index is 13.9. The lowest BCUT2D eigenvalue weighted by molar-refractivity contribution is -0.144. The first-order valence-electron chi connectivity index (χ1n) is 13.6. The van der Waals surface area contributed by atoms with E-state index in [1.165, 1.54) is 36.7 Å². The third-order valence-corrected chi connectivity index (χ3v) is 8.20. The number of pyridine rings is 1. The fraction of sp³-hybridized carbons (Fsp3) is 0.345. The van der Waals surface area contributed by atoms with Crippen molar-refractivity contribution >= 4 is 23.0 Å². The summed E-state index contributed by atoms with van der Waals surface area (Å²) in [5.74, 6) is -1.15. The zero-order valence-corrected chi connectivity index (χ0v) is 22.0. The summed E-state index contributed by atoms with van der Waals surface area (Å²) >= 11 is 0. The van der Waals surface area contributed by atoms with E-state index in [0.29, 0.717) is 31.8 Å². The van der Waals surface area contributed by atoms with Gasteiger partial charge in [0, 0.05) is 44.2 Å². The van der Waals surface area contributed by atoms with Crippen LogP contribution in [-0.2, 0) is 23.8 Å². The second-order valence-electron chi connectivity index (χ2n) is 10.8. The second-order valence-corrected chi connectivity index (χ2v) is 10.8. The van der Waals surface area contributed by atoms with Crippen LogP contribution in [0.5, 0.6) is 0 Å². The molecule has 41 heavy (non-hydrogen) atoms. The number of carbonyl (C=O) groups is 2. The Kier molecular flexibility index (Phi) is 5.77. The van der Waals surface area contributed by atoms with Gasteiger partial charge in [-0.05, 0) is 48.6 Å². The summed E-state index contributed by atoms with van der Waals surface area (Å²) in [5, 5.41) is 4.97. The largest absolute Gasteiger partial charge is 0.449 e. The van der Waals surface area contributed by atoms with Gasteiger partial charge in [0.25, 0.3) is 5.91 Å². The minimum Gasteiger partial charge on any atom is -0.336 e. The molecule has 1 fully saturated rings. The highest BCUT2D eigenvalue weighted by Gasteiger charge is 2.40. The predicted molar refractivity (Wildman–Crippen MR) is 142 cm³/mol. The maximum Gasteiger partial charge on any atom is 0.449 e. The molecule has 7 rings (SSSR count). The number of aromatic nitrogens is 5. The van der Waals surface area contributed by atoms with Gasteiger partial charge in [-0.1, -0.05) is 18.7 Å². The van der Waals surface area contributed by atoms with Gasteiger partial charge in [-0.15, -0.1) is 0 Å². The van der Waals surface area contributed by atoms with Crippen LogP contribution >= 0.6 is 0 Å². The number of nitrogens with one attached hydrogen (secondary N) is 1. The predicted octanol–water partition coefficient (Wildman–Crippen LogP) is 4.35. The van der Waals surface area contributed by atoms with Crippen LogP contribution in [-0.4, -0.2) is 66.0 Å². The van der Waals surface area contributed by atoms with Gasteiger partial charge >= 0.3 is 6.18 Å². The van der Waals surface area contributed by atoms with Crippen molar-refractivity contribution in [3.63, 3.8) is 0 Å². The lowest BCUT2D eigenvalue weighted by Crippen LogP contribution is -2.45. The van der Waals surface area contributed by atoms with Crippen LogP contribution in [0, 0.1) is 0 Å². The maximum atomic E-state index is 13.9. The standard InChI is InChI=1S/C29H26F3N7O2/c1-2-24(40)37-11-9-20-25-22(39(36-20)19-7-5-17(6-8-19)16-3-4-16)10-12-38(23(25)15-37)27(41)18-13-21-26(33-14-18)35-28(34-21)29(30,31)32/h2,5-8,13-14,16,23H,1,3-4,9-12,15H2,(H,33,34,35)/t23-/m0/s1. The van der Waals surface area contributed by atoms with Crippen molar-refractivity contribution in [1.29, 1.82) is 0 Å². The van der Waals surface area contributed by atoms with Crippen molar-refractivity contribution < 1.29 is 22.8 Å². The molecule has 0 radical (unpaired) electrons. The van der Waals surface area contributed by atoms with Crippen LogP contribution in [0.3, 0.4) is 0 Å². The number of rotatable bonds is 4. The molecule has 12 heteroatoms. The molecule has 1 aliphatic carbocycles. The van der Waals surface area contributed by atoms with Crippen molar-refractivity contribution in [3.8, 4) is 5.69 Å². The Morgan fingerprint density at radius 1 is 1.10 bits per heavy atom. The fourth-order valence-corrected chi connectivity index (χ4v) is 6.00. The summed E-state index contributed by atoms with van der Waals surface area (Å²) < 4.78 is 41.5. The molecule has 0 spiro atoms. The summed E-state index contributed by atoms with van der Waals surface area (Å²) in [7, 11) is 0. The van der Waals surface area contributed by atoms with Crippen molar-refractivity contribution in [2.45, 2.75) is 43.8 Å². The van der Waals surface area contributed by atoms with Gasteiger partial charge in [-0.25, -0.2) is 14.6 Å². The SMILES string of the molecule is C=CC(=O)N1CCc2nn(-c3ccc(C4CC4)cc3)c3c2[C@H](C1)N(C(=O)c1cnc2nc(C(F)(F)F)[nH]c2c1)CC3. The third-order valence-electron chi connectivity index (χ3n) is 8.20. The summed E-state index contributed by atoms with van der Waals surface area (Å²) in [6, 6.07) is 9.31. The van der Waals surface area contributed by atoms with Gasteiger partial charge in [0.05, 0.1) is 34.2 Å². The van der Waals surface area contributed by atoms with Crippen molar-refractivity contribution in [2.75, 3.05) is 19.6 Å². The number of carbonyl (C=O) groups excluding carboxylic acids is 2. The van der Waals surface area contributed by atoms with Gasteiger partial charge in [0.1, 0.15) is 0 Å². The molecule has 1 N–H and O–H groups in total. The molecule has 4 aromatic rings. The number of benzene rings is 1. The van der Waals surface area contributed by atoms with E-state index in [9.17, 15) is 22.8 Å². The molecule has 5 heterocycles. The first-order valence-corrected chi connectivity index (χ1v) is 13.6. The van der Waals surface area contributed by atoms with Gasteiger partial charge in [0.2, 0.25) is 11.7 Å². The number of alkyl halides is 3. The topological polar surface area (TPSA) is 100 Å². The summed E-state index contributed by atoms with van der Waals surface area (Å²) in [5.41, 5.74) is 5.05. The lowest BCUT2D eigenvalue weighted by Gasteiger charge is -2.37. The minimum atomic E-state index is -4.66. The first-order chi connectivity index (χ1) is 19.7. The number of halogens is 3. The molecular weight excluding hydrogens is 535 g/mol. The van der Waals surface area contributed by atoms with Gasteiger partial charge < -0.3 is 14.8 Å². The lowest BCUT2D eigenvalue weighted by atomic mass is 9.95. The molecule has 3 aromatic heterocycles. The summed E-state index contributed by atoms with van der Waals surface area (Å²) in [4.78, 5) is 39.6. The van der Waals surface area contributed by atoms with Crippen LogP contribution < -0.4 is 0 Å². The Labute approximate surface area is 232 Å². The van der Waals surface area contributed by atoms with Gasteiger partial charge in [-0.3, -0.25) is 9.59 Å². The van der Waals surface area contributed by atoms with E-state index in [1.54, 1.807) is 9.80 Å². The molecule has 3 aliphatic rings. The first kappa shape index (κ1) is 25.5. The molecule has 1 aromatic carbocycles. The molecule has 9 nitrogen and oxygen atoms in total. The van der Waals surface area contributed by atoms with Gasteiger partial charge in [-0.2, -0.15) is 18.3 Å².